The summed E-state index contributed by atoms with van der Waals surface area (Å²) in [4.78, 5) is 12.7. The Labute approximate surface area is 158 Å². The van der Waals surface area contributed by atoms with Crippen LogP contribution < -0.4 is 0 Å². The summed E-state index contributed by atoms with van der Waals surface area (Å²) >= 11 is 1.54. The van der Waals surface area contributed by atoms with Crippen LogP contribution in [0.25, 0.3) is 0 Å². The van der Waals surface area contributed by atoms with E-state index in [1.54, 1.807) is 11.8 Å². The second kappa shape index (κ2) is 7.23. The topological polar surface area (TPSA) is 82.2 Å². The molecule has 26 heavy (non-hydrogen) atoms. The molecule has 0 bridgehead atoms. The molecular weight excluding hydrogens is 372 g/mol. The molecule has 1 unspecified atom stereocenters. The number of hydrogen-bond donors (Lipinski definition) is 0. The number of ketones is 1. The minimum atomic E-state index is -2.96. The molecule has 6 nitrogen and oxygen atoms in total. The van der Waals surface area contributed by atoms with Crippen LogP contribution >= 0.6 is 11.8 Å². The maximum atomic E-state index is 12.7. The van der Waals surface area contributed by atoms with E-state index in [0.29, 0.717) is 23.5 Å². The number of thioether (sulfide) groups is 1. The number of aromatic nitrogens is 2. The van der Waals surface area contributed by atoms with Crippen molar-refractivity contribution in [3.63, 3.8) is 0 Å². The van der Waals surface area contributed by atoms with E-state index in [9.17, 15) is 13.2 Å². The Kier molecular flexibility index (Phi) is 5.35. The number of carbonyl (C=O) groups is 1. The fraction of sp³-hybridized carbons (Fsp3) is 0.556. The lowest BCUT2D eigenvalue weighted by atomic mass is 10.2. The molecule has 0 aromatic carbocycles. The van der Waals surface area contributed by atoms with Crippen LogP contribution in [0.4, 0.5) is 0 Å². The van der Waals surface area contributed by atoms with Crippen molar-refractivity contribution in [2.24, 2.45) is 0 Å². The van der Waals surface area contributed by atoms with E-state index in [2.05, 4.69) is 5.16 Å². The predicted octanol–water partition coefficient (Wildman–Crippen LogP) is 3.19. The van der Waals surface area contributed by atoms with Gasteiger partial charge in [-0.1, -0.05) is 5.16 Å². The molecule has 1 atom stereocenters. The van der Waals surface area contributed by atoms with Gasteiger partial charge in [-0.2, -0.15) is 0 Å². The number of aryl methyl sites for hydroxylation is 3. The van der Waals surface area contributed by atoms with Crippen LogP contribution in [0.15, 0.2) is 10.6 Å². The average molecular weight is 397 g/mol. The number of sulfone groups is 1. The minimum Gasteiger partial charge on any atom is -0.361 e. The van der Waals surface area contributed by atoms with Crippen molar-refractivity contribution in [2.75, 3.05) is 17.3 Å². The molecule has 142 valence electrons. The average Bonchev–Trinajstić information content (AvgIpc) is 3.17. The molecule has 1 aliphatic heterocycles. The van der Waals surface area contributed by atoms with E-state index in [4.69, 9.17) is 4.52 Å². The Hall–Kier alpha value is -1.54. The summed E-state index contributed by atoms with van der Waals surface area (Å²) in [6.45, 7) is 7.62. The molecule has 1 saturated heterocycles. The molecular formula is C18H24N2O4S2. The highest BCUT2D eigenvalue weighted by Gasteiger charge is 2.31. The fourth-order valence-corrected chi connectivity index (χ4v) is 6.39. The van der Waals surface area contributed by atoms with Crippen molar-refractivity contribution in [1.29, 1.82) is 0 Å². The highest BCUT2D eigenvalue weighted by atomic mass is 32.2. The summed E-state index contributed by atoms with van der Waals surface area (Å²) < 4.78 is 30.8. The molecule has 0 aliphatic carbocycles. The van der Waals surface area contributed by atoms with Crippen molar-refractivity contribution in [3.05, 3.63) is 40.0 Å². The van der Waals surface area contributed by atoms with Crippen LogP contribution in [0.2, 0.25) is 0 Å². The zero-order valence-electron chi connectivity index (χ0n) is 15.5. The van der Waals surface area contributed by atoms with Crippen molar-refractivity contribution in [1.82, 2.24) is 9.72 Å². The molecule has 0 N–H and O–H groups in total. The molecule has 3 rings (SSSR count). The third kappa shape index (κ3) is 3.76. The van der Waals surface area contributed by atoms with Gasteiger partial charge < -0.3 is 9.09 Å². The van der Waals surface area contributed by atoms with Gasteiger partial charge in [0.25, 0.3) is 0 Å². The smallest absolute Gasteiger partial charge is 0.174 e. The van der Waals surface area contributed by atoms with Crippen LogP contribution in [0, 0.1) is 27.7 Å². The number of rotatable bonds is 6. The summed E-state index contributed by atoms with van der Waals surface area (Å²) in [6, 6.07) is 1.83. The highest BCUT2D eigenvalue weighted by Crippen LogP contribution is 2.30. The first kappa shape index (κ1) is 19.2. The zero-order valence-corrected chi connectivity index (χ0v) is 17.2. The second-order valence-electron chi connectivity index (χ2n) is 6.93. The SMILES string of the molecule is Cc1noc(C)c1CSCC(=O)c1cc(C)n(C2CCS(=O)(=O)C2)c1C. The van der Waals surface area contributed by atoms with Gasteiger partial charge >= 0.3 is 0 Å². The fourth-order valence-electron chi connectivity index (χ4n) is 3.63. The Morgan fingerprint density at radius 2 is 2.08 bits per heavy atom. The van der Waals surface area contributed by atoms with E-state index >= 15 is 0 Å². The Morgan fingerprint density at radius 1 is 1.35 bits per heavy atom. The van der Waals surface area contributed by atoms with Crippen molar-refractivity contribution in [2.45, 2.75) is 45.9 Å². The lowest BCUT2D eigenvalue weighted by Crippen LogP contribution is -2.14. The van der Waals surface area contributed by atoms with E-state index in [1.165, 1.54) is 0 Å². The molecule has 8 heteroatoms. The molecule has 0 saturated carbocycles. The maximum absolute atomic E-state index is 12.7. The van der Waals surface area contributed by atoms with Gasteiger partial charge in [0.05, 0.1) is 23.0 Å². The van der Waals surface area contributed by atoms with Crippen molar-refractivity contribution >= 4 is 27.4 Å². The van der Waals surface area contributed by atoms with Crippen molar-refractivity contribution in [3.8, 4) is 0 Å². The Balaban J connectivity index is 1.69. The first-order valence-corrected chi connectivity index (χ1v) is 11.6. The number of Topliss-reactive ketones (excluding diaryl/α,β-unsaturated/α-hetero) is 1. The highest BCUT2D eigenvalue weighted by molar-refractivity contribution is 7.99. The van der Waals surface area contributed by atoms with E-state index in [0.717, 1.165) is 28.4 Å². The second-order valence-corrected chi connectivity index (χ2v) is 10.1. The van der Waals surface area contributed by atoms with Crippen LogP contribution in [0.5, 0.6) is 0 Å². The number of nitrogens with zero attached hydrogens (tertiary/aromatic N) is 2. The van der Waals surface area contributed by atoms with Crippen molar-refractivity contribution < 1.29 is 17.7 Å². The van der Waals surface area contributed by atoms with Gasteiger partial charge in [0.2, 0.25) is 0 Å². The van der Waals surface area contributed by atoms with Crippen LogP contribution in [0.1, 0.15) is 51.2 Å². The first-order chi connectivity index (χ1) is 12.2. The molecule has 3 heterocycles. The predicted molar refractivity (Wildman–Crippen MR) is 103 cm³/mol. The lowest BCUT2D eigenvalue weighted by molar-refractivity contribution is 0.102. The Morgan fingerprint density at radius 3 is 2.65 bits per heavy atom. The summed E-state index contributed by atoms with van der Waals surface area (Å²) in [5.74, 6) is 2.32. The number of carbonyl (C=O) groups excluding carboxylic acids is 1. The van der Waals surface area contributed by atoms with Crippen LogP contribution in [0.3, 0.4) is 0 Å². The van der Waals surface area contributed by atoms with E-state index in [-0.39, 0.29) is 23.3 Å². The maximum Gasteiger partial charge on any atom is 0.174 e. The van der Waals surface area contributed by atoms with Crippen LogP contribution in [-0.4, -0.2) is 41.2 Å². The number of hydrogen-bond acceptors (Lipinski definition) is 6. The van der Waals surface area contributed by atoms with Gasteiger partial charge in [0.15, 0.2) is 15.6 Å². The van der Waals surface area contributed by atoms with E-state index in [1.807, 2.05) is 38.3 Å². The first-order valence-electron chi connectivity index (χ1n) is 8.61. The van der Waals surface area contributed by atoms with Gasteiger partial charge in [-0.3, -0.25) is 4.79 Å². The summed E-state index contributed by atoms with van der Waals surface area (Å²) in [5.41, 5.74) is 4.42. The molecule has 1 fully saturated rings. The van der Waals surface area contributed by atoms with Gasteiger partial charge in [0.1, 0.15) is 5.76 Å². The largest absolute Gasteiger partial charge is 0.361 e. The normalized spacial score (nSPS) is 19.2. The summed E-state index contributed by atoms with van der Waals surface area (Å²) in [6.07, 6.45) is 0.618. The molecule has 0 radical (unpaired) electrons. The minimum absolute atomic E-state index is 0.0588. The molecule has 0 amide bonds. The third-order valence-electron chi connectivity index (χ3n) is 5.02. The van der Waals surface area contributed by atoms with Gasteiger partial charge in [-0.25, -0.2) is 8.42 Å². The standard InChI is InChI=1S/C18H24N2O4S2/c1-11-7-16(13(3)20(11)15-5-6-26(22,23)10-15)18(21)9-25-8-17-12(2)19-24-14(17)4/h7,15H,5-6,8-10H2,1-4H3. The van der Waals surface area contributed by atoms with Gasteiger partial charge in [-0.15, -0.1) is 11.8 Å². The lowest BCUT2D eigenvalue weighted by Gasteiger charge is -2.16. The zero-order chi connectivity index (χ0) is 19.1. The van der Waals surface area contributed by atoms with Gasteiger partial charge in [0, 0.05) is 34.3 Å². The van der Waals surface area contributed by atoms with E-state index < -0.39 is 9.84 Å². The third-order valence-corrected chi connectivity index (χ3v) is 7.73. The molecule has 0 spiro atoms. The summed E-state index contributed by atoms with van der Waals surface area (Å²) in [5, 5.41) is 3.93. The van der Waals surface area contributed by atoms with Crippen LogP contribution in [-0.2, 0) is 15.6 Å². The quantitative estimate of drug-likeness (QED) is 0.698. The monoisotopic (exact) mass is 396 g/mol. The Bertz CT molecular complexity index is 921. The molecule has 1 aliphatic rings. The molecule has 2 aromatic heterocycles. The van der Waals surface area contributed by atoms with Gasteiger partial charge in [-0.05, 0) is 40.2 Å². The molecule has 2 aromatic rings. The summed E-state index contributed by atoms with van der Waals surface area (Å²) in [7, 11) is -2.96.